The number of fused-ring (bicyclic) bond motifs is 1. The third-order valence-corrected chi connectivity index (χ3v) is 5.15. The Morgan fingerprint density at radius 3 is 2.73 bits per heavy atom. The summed E-state index contributed by atoms with van der Waals surface area (Å²) in [5.41, 5.74) is 2.18. The molecule has 2 aliphatic carbocycles. The molecule has 2 saturated carbocycles. The Morgan fingerprint density at radius 1 is 1.33 bits per heavy atom. The zero-order valence-corrected chi connectivity index (χ0v) is 10.7. The van der Waals surface area contributed by atoms with Gasteiger partial charge < -0.3 is 0 Å². The summed E-state index contributed by atoms with van der Waals surface area (Å²) >= 11 is 0. The van der Waals surface area contributed by atoms with E-state index in [1.165, 1.54) is 38.5 Å². The maximum absolute atomic E-state index is 4.34. The van der Waals surface area contributed by atoms with Crippen LogP contribution in [-0.2, 0) is 0 Å². The van der Waals surface area contributed by atoms with Crippen LogP contribution in [0.5, 0.6) is 0 Å². The van der Waals surface area contributed by atoms with Crippen LogP contribution in [0.1, 0.15) is 59.3 Å². The second-order valence-corrected chi connectivity index (χ2v) is 6.50. The van der Waals surface area contributed by atoms with Crippen molar-refractivity contribution < 1.29 is 0 Å². The largest absolute Gasteiger partial charge is 0.0996 e. The molecule has 0 aromatic heterocycles. The molecular formula is C15H26. The highest BCUT2D eigenvalue weighted by atomic mass is 14.5. The first-order valence-corrected chi connectivity index (χ1v) is 6.70. The van der Waals surface area contributed by atoms with Crippen LogP contribution in [0.15, 0.2) is 12.2 Å². The van der Waals surface area contributed by atoms with Crippen molar-refractivity contribution in [1.82, 2.24) is 0 Å². The topological polar surface area (TPSA) is 0 Å². The quantitative estimate of drug-likeness (QED) is 0.540. The van der Waals surface area contributed by atoms with Gasteiger partial charge in [0, 0.05) is 0 Å². The molecule has 0 spiro atoms. The van der Waals surface area contributed by atoms with Gasteiger partial charge in [-0.15, -0.1) is 0 Å². The molecule has 0 unspecified atom stereocenters. The van der Waals surface area contributed by atoms with Gasteiger partial charge >= 0.3 is 0 Å². The Labute approximate surface area is 95.1 Å². The van der Waals surface area contributed by atoms with E-state index in [0.717, 1.165) is 17.8 Å². The van der Waals surface area contributed by atoms with Crippen LogP contribution >= 0.6 is 0 Å². The van der Waals surface area contributed by atoms with Crippen LogP contribution in [0.4, 0.5) is 0 Å². The summed E-state index contributed by atoms with van der Waals surface area (Å²) in [5.74, 6) is 2.66. The summed E-state index contributed by atoms with van der Waals surface area (Å²) in [6.07, 6.45) is 8.45. The second-order valence-electron chi connectivity index (χ2n) is 6.50. The van der Waals surface area contributed by atoms with Crippen molar-refractivity contribution in [3.05, 3.63) is 12.2 Å². The van der Waals surface area contributed by atoms with Gasteiger partial charge in [-0.3, -0.25) is 0 Å². The van der Waals surface area contributed by atoms with Gasteiger partial charge in [-0.2, -0.15) is 0 Å². The summed E-state index contributed by atoms with van der Waals surface area (Å²) in [6, 6.07) is 0. The maximum atomic E-state index is 4.34. The zero-order chi connectivity index (χ0) is 11.1. The van der Waals surface area contributed by atoms with E-state index < -0.39 is 0 Å². The third-order valence-electron chi connectivity index (χ3n) is 5.15. The predicted molar refractivity (Wildman–Crippen MR) is 66.8 cm³/mol. The molecule has 0 saturated heterocycles. The molecule has 0 aromatic rings. The smallest absolute Gasteiger partial charge is 0.0149 e. The van der Waals surface area contributed by atoms with Crippen LogP contribution < -0.4 is 0 Å². The third kappa shape index (κ3) is 2.00. The molecule has 2 fully saturated rings. The number of hydrogen-bond donors (Lipinski definition) is 0. The molecule has 0 N–H and O–H groups in total. The van der Waals surface area contributed by atoms with Gasteiger partial charge in [0.1, 0.15) is 0 Å². The van der Waals surface area contributed by atoms with Crippen molar-refractivity contribution in [3.8, 4) is 0 Å². The van der Waals surface area contributed by atoms with Crippen molar-refractivity contribution in [2.45, 2.75) is 59.3 Å². The minimum Gasteiger partial charge on any atom is -0.0996 e. The average Bonchev–Trinajstić information content (AvgIpc) is 2.17. The first kappa shape index (κ1) is 11.2. The van der Waals surface area contributed by atoms with E-state index in [0.29, 0.717) is 5.41 Å². The van der Waals surface area contributed by atoms with Crippen molar-refractivity contribution in [1.29, 1.82) is 0 Å². The molecular weight excluding hydrogens is 180 g/mol. The van der Waals surface area contributed by atoms with Crippen LogP contribution in [0.25, 0.3) is 0 Å². The summed E-state index contributed by atoms with van der Waals surface area (Å²) < 4.78 is 0. The van der Waals surface area contributed by atoms with E-state index in [2.05, 4.69) is 27.4 Å². The molecule has 0 aromatic carbocycles. The molecule has 0 aliphatic heterocycles. The minimum absolute atomic E-state index is 0.612. The van der Waals surface area contributed by atoms with Crippen LogP contribution in [0.3, 0.4) is 0 Å². The van der Waals surface area contributed by atoms with Gasteiger partial charge in [0.2, 0.25) is 0 Å². The van der Waals surface area contributed by atoms with E-state index in [1.54, 1.807) is 5.57 Å². The Kier molecular flexibility index (Phi) is 2.96. The monoisotopic (exact) mass is 206 g/mol. The number of hydrogen-bond acceptors (Lipinski definition) is 0. The molecule has 0 amide bonds. The van der Waals surface area contributed by atoms with E-state index in [-0.39, 0.29) is 0 Å². The highest BCUT2D eigenvalue weighted by molar-refractivity contribution is 5.12. The van der Waals surface area contributed by atoms with Gasteiger partial charge in [0.25, 0.3) is 0 Å². The van der Waals surface area contributed by atoms with Gasteiger partial charge in [0.05, 0.1) is 0 Å². The van der Waals surface area contributed by atoms with Gasteiger partial charge in [-0.1, -0.05) is 32.9 Å². The fourth-order valence-corrected chi connectivity index (χ4v) is 3.85. The normalized spacial score (nSPS) is 41.7. The Balaban J connectivity index is 2.12. The first-order valence-electron chi connectivity index (χ1n) is 6.70. The SMILES string of the molecule is C=C1CCC[C@@]2(C)CC[C@H](C(C)C)C[C@@H]12. The highest BCUT2D eigenvalue weighted by Crippen LogP contribution is 2.54. The number of rotatable bonds is 1. The van der Waals surface area contributed by atoms with Gasteiger partial charge in [0.15, 0.2) is 0 Å². The van der Waals surface area contributed by atoms with Crippen LogP contribution in [-0.4, -0.2) is 0 Å². The summed E-state index contributed by atoms with van der Waals surface area (Å²) in [6.45, 7) is 11.6. The lowest BCUT2D eigenvalue weighted by Crippen LogP contribution is -2.39. The van der Waals surface area contributed by atoms with Crippen molar-refractivity contribution in [3.63, 3.8) is 0 Å². The van der Waals surface area contributed by atoms with E-state index in [9.17, 15) is 0 Å². The minimum atomic E-state index is 0.612. The molecule has 2 rings (SSSR count). The average molecular weight is 206 g/mol. The molecule has 15 heavy (non-hydrogen) atoms. The predicted octanol–water partition coefficient (Wildman–Crippen LogP) is 4.81. The van der Waals surface area contributed by atoms with Gasteiger partial charge in [-0.25, -0.2) is 0 Å². The summed E-state index contributed by atoms with van der Waals surface area (Å²) in [7, 11) is 0. The summed E-state index contributed by atoms with van der Waals surface area (Å²) in [4.78, 5) is 0. The molecule has 0 nitrogen and oxygen atoms in total. The second kappa shape index (κ2) is 3.96. The van der Waals surface area contributed by atoms with E-state index in [1.807, 2.05) is 0 Å². The Hall–Kier alpha value is -0.260. The molecule has 0 bridgehead atoms. The molecule has 2 aliphatic rings. The molecule has 86 valence electrons. The molecule has 0 heteroatoms. The molecule has 3 atom stereocenters. The number of allylic oxidation sites excluding steroid dienone is 1. The van der Waals surface area contributed by atoms with Crippen LogP contribution in [0.2, 0.25) is 0 Å². The Bertz CT molecular complexity index is 251. The van der Waals surface area contributed by atoms with Crippen molar-refractivity contribution in [2.75, 3.05) is 0 Å². The first-order chi connectivity index (χ1) is 7.03. The lowest BCUT2D eigenvalue weighted by Gasteiger charge is -2.49. The maximum Gasteiger partial charge on any atom is -0.0149 e. The highest BCUT2D eigenvalue weighted by Gasteiger charge is 2.43. The van der Waals surface area contributed by atoms with Crippen LogP contribution in [0, 0.1) is 23.2 Å². The lowest BCUT2D eigenvalue weighted by molar-refractivity contribution is 0.0583. The van der Waals surface area contributed by atoms with Crippen molar-refractivity contribution >= 4 is 0 Å². The summed E-state index contributed by atoms with van der Waals surface area (Å²) in [5, 5.41) is 0. The molecule has 0 heterocycles. The van der Waals surface area contributed by atoms with Crippen molar-refractivity contribution in [2.24, 2.45) is 23.2 Å². The van der Waals surface area contributed by atoms with E-state index in [4.69, 9.17) is 0 Å². The fraction of sp³-hybridized carbons (Fsp3) is 0.867. The van der Waals surface area contributed by atoms with Gasteiger partial charge in [-0.05, 0) is 61.7 Å². The van der Waals surface area contributed by atoms with E-state index >= 15 is 0 Å². The fourth-order valence-electron chi connectivity index (χ4n) is 3.85. The Morgan fingerprint density at radius 2 is 2.07 bits per heavy atom. The standard InChI is InChI=1S/C15H26/c1-11(2)13-7-9-15(4)8-5-6-12(3)14(15)10-13/h11,13-14H,3,5-10H2,1-2,4H3/t13-,14-,15-/m0/s1. The molecule has 0 radical (unpaired) electrons. The lowest BCUT2D eigenvalue weighted by atomic mass is 9.56. The zero-order valence-electron chi connectivity index (χ0n) is 10.7.